The number of alkyl halides is 2. The molecule has 0 saturated heterocycles. The quantitative estimate of drug-likeness (QED) is 0.670. The minimum Gasteiger partial charge on any atom is -0.493 e. The number of nitrogens with one attached hydrogen (secondary N) is 1. The van der Waals surface area contributed by atoms with Gasteiger partial charge in [0.05, 0.1) is 19.3 Å². The summed E-state index contributed by atoms with van der Waals surface area (Å²) in [5.74, 6) is 0.166. The average Bonchev–Trinajstić information content (AvgIpc) is 2.39. The molecule has 0 spiro atoms. The van der Waals surface area contributed by atoms with Crippen molar-refractivity contribution in [2.24, 2.45) is 0 Å². The third-order valence-corrected chi connectivity index (χ3v) is 2.65. The van der Waals surface area contributed by atoms with Crippen LogP contribution in [0, 0.1) is 0 Å². The Bertz CT molecular complexity index is 427. The van der Waals surface area contributed by atoms with Gasteiger partial charge < -0.3 is 25.0 Å². The van der Waals surface area contributed by atoms with Gasteiger partial charge in [-0.05, 0) is 13.0 Å². The topological polar surface area (TPSA) is 71.0 Å². The number of hydrogen-bond donors (Lipinski definition) is 3. The highest BCUT2D eigenvalue weighted by atomic mass is 19.3. The normalized spacial score (nSPS) is 14.2. The van der Waals surface area contributed by atoms with Crippen molar-refractivity contribution < 1.29 is 28.5 Å². The molecule has 0 radical (unpaired) electrons. The van der Waals surface area contributed by atoms with Crippen molar-refractivity contribution in [2.75, 3.05) is 20.3 Å². The molecule has 0 aliphatic carbocycles. The maximum absolute atomic E-state index is 12.4. The minimum absolute atomic E-state index is 0.0406. The highest BCUT2D eigenvalue weighted by molar-refractivity contribution is 5.46. The molecule has 114 valence electrons. The smallest absolute Gasteiger partial charge is 0.387 e. The third kappa shape index (κ3) is 4.92. The molecule has 1 rings (SSSR count). The van der Waals surface area contributed by atoms with Crippen molar-refractivity contribution in [3.05, 3.63) is 23.8 Å². The summed E-state index contributed by atoms with van der Waals surface area (Å²) in [5, 5.41) is 21.4. The van der Waals surface area contributed by atoms with Crippen LogP contribution in [0.25, 0.3) is 0 Å². The van der Waals surface area contributed by atoms with Gasteiger partial charge in [-0.2, -0.15) is 8.78 Å². The first-order valence-electron chi connectivity index (χ1n) is 6.04. The number of benzene rings is 1. The van der Waals surface area contributed by atoms with Crippen molar-refractivity contribution in [1.82, 2.24) is 5.32 Å². The largest absolute Gasteiger partial charge is 0.493 e. The third-order valence-electron chi connectivity index (χ3n) is 2.65. The fourth-order valence-electron chi connectivity index (χ4n) is 1.61. The number of hydrogen-bond acceptors (Lipinski definition) is 5. The van der Waals surface area contributed by atoms with Crippen LogP contribution in [0.1, 0.15) is 12.5 Å². The molecule has 0 saturated carbocycles. The molecular formula is C13H19F2NO4. The Morgan fingerprint density at radius 3 is 2.65 bits per heavy atom. The van der Waals surface area contributed by atoms with E-state index < -0.39 is 18.8 Å². The maximum atomic E-state index is 12.4. The zero-order chi connectivity index (χ0) is 15.2. The molecule has 1 atom stereocenters. The Balaban J connectivity index is 2.78. The van der Waals surface area contributed by atoms with E-state index in [4.69, 9.17) is 9.84 Å². The number of para-hydroxylation sites is 1. The lowest BCUT2D eigenvalue weighted by molar-refractivity contribution is -0.0519. The zero-order valence-corrected chi connectivity index (χ0v) is 11.4. The van der Waals surface area contributed by atoms with Gasteiger partial charge in [-0.15, -0.1) is 0 Å². The molecular weight excluding hydrogens is 272 g/mol. The van der Waals surface area contributed by atoms with Crippen LogP contribution < -0.4 is 14.8 Å². The van der Waals surface area contributed by atoms with Crippen LogP contribution in [0.3, 0.4) is 0 Å². The van der Waals surface area contributed by atoms with Crippen molar-refractivity contribution in [3.8, 4) is 11.5 Å². The van der Waals surface area contributed by atoms with Crippen LogP contribution in [0.5, 0.6) is 11.5 Å². The Morgan fingerprint density at radius 2 is 2.10 bits per heavy atom. The molecule has 0 aliphatic rings. The zero-order valence-electron chi connectivity index (χ0n) is 11.4. The summed E-state index contributed by atoms with van der Waals surface area (Å²) in [7, 11) is 1.36. The molecule has 1 aromatic rings. The lowest BCUT2D eigenvalue weighted by atomic mass is 10.1. The van der Waals surface area contributed by atoms with Gasteiger partial charge in [-0.25, -0.2) is 0 Å². The number of methoxy groups -OCH3 is 1. The van der Waals surface area contributed by atoms with E-state index in [1.807, 2.05) is 0 Å². The molecule has 0 aliphatic heterocycles. The van der Waals surface area contributed by atoms with E-state index >= 15 is 0 Å². The van der Waals surface area contributed by atoms with Crippen LogP contribution in [-0.2, 0) is 6.54 Å². The Hall–Kier alpha value is -1.44. The Kier molecular flexibility index (Phi) is 6.12. The summed E-state index contributed by atoms with van der Waals surface area (Å²) >= 11 is 0. The second-order valence-corrected chi connectivity index (χ2v) is 4.59. The van der Waals surface area contributed by atoms with Gasteiger partial charge in [0.15, 0.2) is 11.5 Å². The van der Waals surface area contributed by atoms with Crippen LogP contribution >= 0.6 is 0 Å². The van der Waals surface area contributed by atoms with E-state index in [2.05, 4.69) is 10.1 Å². The SMILES string of the molecule is COc1cccc(CNCC(C)(O)CO)c1OC(F)F. The molecule has 0 heterocycles. The molecule has 20 heavy (non-hydrogen) atoms. The van der Waals surface area contributed by atoms with Gasteiger partial charge in [-0.3, -0.25) is 0 Å². The molecule has 0 amide bonds. The monoisotopic (exact) mass is 291 g/mol. The predicted octanol–water partition coefficient (Wildman–Crippen LogP) is 1.13. The number of halogens is 2. The second kappa shape index (κ2) is 7.37. The molecule has 5 nitrogen and oxygen atoms in total. The molecule has 0 aromatic heterocycles. The van der Waals surface area contributed by atoms with Crippen LogP contribution in [0.4, 0.5) is 8.78 Å². The van der Waals surface area contributed by atoms with E-state index in [1.54, 1.807) is 12.1 Å². The van der Waals surface area contributed by atoms with Gasteiger partial charge in [0.2, 0.25) is 0 Å². The highest BCUT2D eigenvalue weighted by Crippen LogP contribution is 2.32. The minimum atomic E-state index is -2.95. The van der Waals surface area contributed by atoms with Gasteiger partial charge >= 0.3 is 6.61 Å². The summed E-state index contributed by atoms with van der Waals surface area (Å²) in [5.41, 5.74) is -0.804. The molecule has 1 aromatic carbocycles. The summed E-state index contributed by atoms with van der Waals surface area (Å²) in [4.78, 5) is 0. The Morgan fingerprint density at radius 1 is 1.40 bits per heavy atom. The Labute approximate surface area is 116 Å². The lowest BCUT2D eigenvalue weighted by Crippen LogP contribution is -2.40. The molecule has 1 unspecified atom stereocenters. The fraction of sp³-hybridized carbons (Fsp3) is 0.538. The number of rotatable bonds is 8. The van der Waals surface area contributed by atoms with E-state index in [0.717, 1.165) is 0 Å². The average molecular weight is 291 g/mol. The number of ether oxygens (including phenoxy) is 2. The summed E-state index contributed by atoms with van der Waals surface area (Å²) < 4.78 is 34.3. The molecule has 7 heteroatoms. The van der Waals surface area contributed by atoms with E-state index in [0.29, 0.717) is 5.56 Å². The second-order valence-electron chi connectivity index (χ2n) is 4.59. The number of aliphatic hydroxyl groups excluding tert-OH is 1. The first-order chi connectivity index (χ1) is 9.39. The van der Waals surface area contributed by atoms with E-state index in [9.17, 15) is 13.9 Å². The summed E-state index contributed by atoms with van der Waals surface area (Å²) in [6, 6.07) is 4.78. The molecule has 3 N–H and O–H groups in total. The van der Waals surface area contributed by atoms with Crippen LogP contribution in [0.2, 0.25) is 0 Å². The van der Waals surface area contributed by atoms with Crippen molar-refractivity contribution in [1.29, 1.82) is 0 Å². The first-order valence-corrected chi connectivity index (χ1v) is 6.04. The van der Waals surface area contributed by atoms with E-state index in [1.165, 1.54) is 20.1 Å². The lowest BCUT2D eigenvalue weighted by Gasteiger charge is -2.21. The highest BCUT2D eigenvalue weighted by Gasteiger charge is 2.19. The first kappa shape index (κ1) is 16.6. The van der Waals surface area contributed by atoms with Gasteiger partial charge in [-0.1, -0.05) is 12.1 Å². The molecule has 0 fully saturated rings. The van der Waals surface area contributed by atoms with Gasteiger partial charge in [0.25, 0.3) is 0 Å². The fourth-order valence-corrected chi connectivity index (χ4v) is 1.61. The summed E-state index contributed by atoms with van der Waals surface area (Å²) in [6.07, 6.45) is 0. The van der Waals surface area contributed by atoms with Crippen LogP contribution in [0.15, 0.2) is 18.2 Å². The van der Waals surface area contributed by atoms with Gasteiger partial charge in [0.1, 0.15) is 0 Å². The van der Waals surface area contributed by atoms with Crippen molar-refractivity contribution >= 4 is 0 Å². The van der Waals surface area contributed by atoms with E-state index in [-0.39, 0.29) is 24.6 Å². The van der Waals surface area contributed by atoms with Crippen LogP contribution in [-0.4, -0.2) is 42.7 Å². The van der Waals surface area contributed by atoms with Crippen molar-refractivity contribution in [3.63, 3.8) is 0 Å². The molecule has 0 bridgehead atoms. The van der Waals surface area contributed by atoms with Crippen molar-refractivity contribution in [2.45, 2.75) is 25.7 Å². The van der Waals surface area contributed by atoms with Gasteiger partial charge in [0, 0.05) is 18.7 Å². The maximum Gasteiger partial charge on any atom is 0.387 e. The summed E-state index contributed by atoms with van der Waals surface area (Å²) in [6.45, 7) is -1.60. The number of aliphatic hydroxyl groups is 2. The standard InChI is InChI=1S/C13H19F2NO4/c1-13(18,8-17)7-16-6-9-4-3-5-10(19-2)11(9)20-12(14)15/h3-5,12,16-18H,6-8H2,1-2H3. The predicted molar refractivity (Wildman–Crippen MR) is 69.0 cm³/mol.